The zero-order valence-corrected chi connectivity index (χ0v) is 17.0. The molecule has 0 unspecified atom stereocenters. The van der Waals surface area contributed by atoms with Crippen molar-refractivity contribution >= 4 is 10.8 Å². The van der Waals surface area contributed by atoms with Crippen molar-refractivity contribution in [2.75, 3.05) is 0 Å². The second-order valence-electron chi connectivity index (χ2n) is 8.04. The average molecular weight is 351 g/mol. The van der Waals surface area contributed by atoms with Gasteiger partial charge in [-0.05, 0) is 79.8 Å². The number of halogens is 1. The van der Waals surface area contributed by atoms with E-state index >= 15 is 0 Å². The number of hydrogen-bond acceptors (Lipinski definition) is 0. The van der Waals surface area contributed by atoms with Crippen molar-refractivity contribution in [3.8, 4) is 11.3 Å². The van der Waals surface area contributed by atoms with Gasteiger partial charge >= 0.3 is 0 Å². The van der Waals surface area contributed by atoms with Crippen LogP contribution in [0, 0.1) is 39.4 Å². The largest absolute Gasteiger partial charge is 0.216 e. The minimum Gasteiger partial charge on any atom is -0.206 e. The van der Waals surface area contributed by atoms with Gasteiger partial charge in [-0.15, -0.1) is 0 Å². The van der Waals surface area contributed by atoms with Crippen LogP contribution in [-0.2, 0) is 13.5 Å². The Kier molecular flexibility index (Phi) is 4.88. The van der Waals surface area contributed by atoms with Crippen molar-refractivity contribution in [1.82, 2.24) is 0 Å². The lowest BCUT2D eigenvalue weighted by Crippen LogP contribution is -2.32. The molecule has 136 valence electrons. The Hall–Kier alpha value is -2.22. The molecule has 3 rings (SSSR count). The molecule has 0 atom stereocenters. The lowest BCUT2D eigenvalue weighted by Gasteiger charge is -2.14. The number of rotatable bonds is 3. The monoisotopic (exact) mass is 350 g/mol. The molecule has 1 aromatic heterocycles. The molecule has 0 spiro atoms. The third-order valence-electron chi connectivity index (χ3n) is 5.46. The smallest absolute Gasteiger partial charge is 0.206 e. The first-order valence-corrected chi connectivity index (χ1v) is 9.39. The molecular formula is C24H29FN+. The maximum Gasteiger partial charge on any atom is 0.216 e. The Morgan fingerprint density at radius 2 is 1.65 bits per heavy atom. The van der Waals surface area contributed by atoms with Crippen molar-refractivity contribution in [2.24, 2.45) is 13.0 Å². The van der Waals surface area contributed by atoms with Crippen LogP contribution in [-0.4, -0.2) is 0 Å². The number of aryl methyl sites for hydroxylation is 3. The Bertz CT molecular complexity index is 999. The summed E-state index contributed by atoms with van der Waals surface area (Å²) in [6.07, 6.45) is 3.27. The summed E-state index contributed by atoms with van der Waals surface area (Å²) in [4.78, 5) is 0. The van der Waals surface area contributed by atoms with Crippen LogP contribution >= 0.6 is 0 Å². The quantitative estimate of drug-likeness (QED) is 0.518. The first-order valence-electron chi connectivity index (χ1n) is 9.39. The zero-order valence-electron chi connectivity index (χ0n) is 17.0. The molecule has 0 saturated heterocycles. The molecule has 0 N–H and O–H groups in total. The molecule has 0 aliphatic heterocycles. The van der Waals surface area contributed by atoms with E-state index in [1.165, 1.54) is 27.6 Å². The van der Waals surface area contributed by atoms with Crippen molar-refractivity contribution in [1.29, 1.82) is 0 Å². The first-order chi connectivity index (χ1) is 12.2. The Morgan fingerprint density at radius 1 is 0.962 bits per heavy atom. The molecule has 0 radical (unpaired) electrons. The van der Waals surface area contributed by atoms with Crippen LogP contribution in [0.2, 0.25) is 0 Å². The number of benzene rings is 2. The number of hydrogen-bond donors (Lipinski definition) is 0. The van der Waals surface area contributed by atoms with E-state index in [-0.39, 0.29) is 5.82 Å². The van der Waals surface area contributed by atoms with Gasteiger partial charge in [0.15, 0.2) is 6.20 Å². The summed E-state index contributed by atoms with van der Waals surface area (Å²) < 4.78 is 16.5. The first kappa shape index (κ1) is 18.6. The number of fused-ring (bicyclic) bond motifs is 1. The molecule has 0 aliphatic rings. The van der Waals surface area contributed by atoms with Gasteiger partial charge in [-0.2, -0.15) is 0 Å². The van der Waals surface area contributed by atoms with Crippen LogP contribution in [0.1, 0.15) is 41.7 Å². The Labute approximate surface area is 156 Å². The van der Waals surface area contributed by atoms with Crippen molar-refractivity contribution in [2.45, 2.75) is 48.0 Å². The van der Waals surface area contributed by atoms with Gasteiger partial charge in [-0.3, -0.25) is 0 Å². The van der Waals surface area contributed by atoms with Gasteiger partial charge in [0.25, 0.3) is 0 Å². The van der Waals surface area contributed by atoms with E-state index in [1.54, 1.807) is 0 Å². The van der Waals surface area contributed by atoms with Crippen LogP contribution < -0.4 is 4.57 Å². The summed E-state index contributed by atoms with van der Waals surface area (Å²) in [5.41, 5.74) is 7.39. The zero-order chi connectivity index (χ0) is 19.2. The second kappa shape index (κ2) is 6.83. The minimum atomic E-state index is -0.0911. The predicted octanol–water partition coefficient (Wildman–Crippen LogP) is 5.90. The van der Waals surface area contributed by atoms with E-state index in [2.05, 4.69) is 56.8 Å². The van der Waals surface area contributed by atoms with Crippen LogP contribution in [0.15, 0.2) is 30.5 Å². The molecule has 0 amide bonds. The third-order valence-corrected chi connectivity index (χ3v) is 5.46. The van der Waals surface area contributed by atoms with Crippen LogP contribution in [0.25, 0.3) is 22.0 Å². The second-order valence-corrected chi connectivity index (χ2v) is 8.04. The van der Waals surface area contributed by atoms with Gasteiger partial charge in [0.1, 0.15) is 12.9 Å². The third kappa shape index (κ3) is 3.13. The average Bonchev–Trinajstić information content (AvgIpc) is 2.57. The Balaban J connectivity index is 2.30. The molecule has 3 aromatic rings. The van der Waals surface area contributed by atoms with Gasteiger partial charge < -0.3 is 0 Å². The van der Waals surface area contributed by atoms with Gasteiger partial charge in [-0.1, -0.05) is 26.0 Å². The van der Waals surface area contributed by atoms with Crippen LogP contribution in [0.4, 0.5) is 4.39 Å². The summed E-state index contributed by atoms with van der Waals surface area (Å²) in [7, 11) is 2.08. The standard InChI is InChI=1S/C24H29FN/c1-14(2)10-19-8-9-20-13-26(7)24(18(6)21(20)12-19)22-11-15(3)23(25)17(5)16(22)4/h8-9,11-14H,10H2,1-7H3/q+1. The molecule has 2 heteroatoms. The fourth-order valence-electron chi connectivity index (χ4n) is 3.99. The lowest BCUT2D eigenvalue weighted by molar-refractivity contribution is -0.659. The van der Waals surface area contributed by atoms with E-state index in [9.17, 15) is 4.39 Å². The van der Waals surface area contributed by atoms with E-state index in [1.807, 2.05) is 26.8 Å². The minimum absolute atomic E-state index is 0.0911. The van der Waals surface area contributed by atoms with Crippen molar-refractivity contribution in [3.05, 3.63) is 64.1 Å². The highest BCUT2D eigenvalue weighted by Crippen LogP contribution is 2.32. The maximum atomic E-state index is 14.3. The van der Waals surface area contributed by atoms with Gasteiger partial charge in [0.2, 0.25) is 5.69 Å². The molecule has 0 saturated carbocycles. The summed E-state index contributed by atoms with van der Waals surface area (Å²) in [6.45, 7) is 12.4. The highest BCUT2D eigenvalue weighted by molar-refractivity contribution is 5.89. The lowest BCUT2D eigenvalue weighted by atomic mass is 9.92. The van der Waals surface area contributed by atoms with Crippen LogP contribution in [0.3, 0.4) is 0 Å². The number of nitrogens with zero attached hydrogens (tertiary/aromatic N) is 1. The normalized spacial score (nSPS) is 11.6. The molecule has 0 bridgehead atoms. The molecule has 1 nitrogen and oxygen atoms in total. The molecule has 0 fully saturated rings. The molecule has 0 aliphatic carbocycles. The fraction of sp³-hybridized carbons (Fsp3) is 0.375. The van der Waals surface area contributed by atoms with Gasteiger partial charge in [-0.25, -0.2) is 8.96 Å². The molecule has 26 heavy (non-hydrogen) atoms. The highest BCUT2D eigenvalue weighted by Gasteiger charge is 2.22. The predicted molar refractivity (Wildman–Crippen MR) is 108 cm³/mol. The number of pyridine rings is 1. The van der Waals surface area contributed by atoms with E-state index in [0.29, 0.717) is 11.5 Å². The SMILES string of the molecule is Cc1cc(-c2c(C)c3cc(CC(C)C)ccc3c[n+]2C)c(C)c(C)c1F. The molecular weight excluding hydrogens is 321 g/mol. The van der Waals surface area contributed by atoms with Crippen molar-refractivity contribution < 1.29 is 8.96 Å². The van der Waals surface area contributed by atoms with E-state index < -0.39 is 0 Å². The highest BCUT2D eigenvalue weighted by atomic mass is 19.1. The Morgan fingerprint density at radius 3 is 2.31 bits per heavy atom. The molecule has 1 heterocycles. The number of aromatic nitrogens is 1. The molecule has 2 aromatic carbocycles. The van der Waals surface area contributed by atoms with Crippen LogP contribution in [0.5, 0.6) is 0 Å². The van der Waals surface area contributed by atoms with Gasteiger partial charge in [0, 0.05) is 10.9 Å². The maximum absolute atomic E-state index is 14.3. The summed E-state index contributed by atoms with van der Waals surface area (Å²) in [5, 5.41) is 2.53. The summed E-state index contributed by atoms with van der Waals surface area (Å²) in [5.74, 6) is 0.545. The van der Waals surface area contributed by atoms with E-state index in [4.69, 9.17) is 0 Å². The fourth-order valence-corrected chi connectivity index (χ4v) is 3.99. The van der Waals surface area contributed by atoms with E-state index in [0.717, 1.165) is 23.1 Å². The van der Waals surface area contributed by atoms with Gasteiger partial charge in [0.05, 0.1) is 5.56 Å². The summed E-state index contributed by atoms with van der Waals surface area (Å²) >= 11 is 0. The van der Waals surface area contributed by atoms with Crippen molar-refractivity contribution in [3.63, 3.8) is 0 Å². The topological polar surface area (TPSA) is 3.88 Å². The summed E-state index contributed by atoms with van der Waals surface area (Å²) in [6, 6.07) is 8.77.